The van der Waals surface area contributed by atoms with Gasteiger partial charge in [-0.1, -0.05) is 27.7 Å². The molecule has 0 spiro atoms. The highest BCUT2D eigenvalue weighted by molar-refractivity contribution is 5.11. The van der Waals surface area contributed by atoms with E-state index in [4.69, 9.17) is 0 Å². The van der Waals surface area contributed by atoms with E-state index in [0.717, 1.165) is 25.9 Å². The smallest absolute Gasteiger partial charge is 0.0624 e. The molecule has 3 heteroatoms. The van der Waals surface area contributed by atoms with E-state index < -0.39 is 0 Å². The van der Waals surface area contributed by atoms with E-state index in [0.29, 0.717) is 12.0 Å². The van der Waals surface area contributed by atoms with Crippen molar-refractivity contribution < 1.29 is 0 Å². The molecule has 1 rings (SSSR count). The fourth-order valence-electron chi connectivity index (χ4n) is 2.61. The van der Waals surface area contributed by atoms with Crippen LogP contribution in [-0.2, 0) is 19.4 Å². The lowest BCUT2D eigenvalue weighted by atomic mass is 9.94. The normalized spacial score (nSPS) is 14.7. The van der Waals surface area contributed by atoms with Crippen molar-refractivity contribution in [1.29, 1.82) is 0 Å². The third-order valence-corrected chi connectivity index (χ3v) is 3.70. The van der Waals surface area contributed by atoms with E-state index in [9.17, 15) is 0 Å². The van der Waals surface area contributed by atoms with Crippen LogP contribution in [0.5, 0.6) is 0 Å². The molecule has 1 N–H and O–H groups in total. The second kappa shape index (κ2) is 7.57. The van der Waals surface area contributed by atoms with Gasteiger partial charge in [-0.15, -0.1) is 0 Å². The molecule has 0 saturated carbocycles. The average molecular weight is 251 g/mol. The van der Waals surface area contributed by atoms with Crippen molar-refractivity contribution in [1.82, 2.24) is 15.1 Å². The van der Waals surface area contributed by atoms with Crippen LogP contribution in [0.2, 0.25) is 0 Å². The van der Waals surface area contributed by atoms with Gasteiger partial charge in [0.1, 0.15) is 0 Å². The summed E-state index contributed by atoms with van der Waals surface area (Å²) < 4.78 is 2.16. The quantitative estimate of drug-likeness (QED) is 0.769. The van der Waals surface area contributed by atoms with Crippen LogP contribution in [0, 0.1) is 5.92 Å². The van der Waals surface area contributed by atoms with Gasteiger partial charge in [0.05, 0.1) is 5.69 Å². The summed E-state index contributed by atoms with van der Waals surface area (Å²) in [5.41, 5.74) is 2.61. The van der Waals surface area contributed by atoms with Crippen molar-refractivity contribution in [2.24, 2.45) is 5.92 Å². The van der Waals surface area contributed by atoms with E-state index in [1.807, 2.05) is 0 Å². The summed E-state index contributed by atoms with van der Waals surface area (Å²) in [7, 11) is 0. The zero-order chi connectivity index (χ0) is 13.5. The molecule has 0 aliphatic heterocycles. The first kappa shape index (κ1) is 15.2. The molecule has 0 saturated heterocycles. The molecule has 2 unspecified atom stereocenters. The summed E-state index contributed by atoms with van der Waals surface area (Å²) in [4.78, 5) is 0. The van der Waals surface area contributed by atoms with Gasteiger partial charge in [0, 0.05) is 18.3 Å². The molecule has 0 aliphatic rings. The van der Waals surface area contributed by atoms with Gasteiger partial charge in [-0.05, 0) is 44.7 Å². The molecule has 3 nitrogen and oxygen atoms in total. The van der Waals surface area contributed by atoms with E-state index >= 15 is 0 Å². The predicted molar refractivity (Wildman–Crippen MR) is 77.9 cm³/mol. The van der Waals surface area contributed by atoms with Gasteiger partial charge in [-0.3, -0.25) is 4.68 Å². The monoisotopic (exact) mass is 251 g/mol. The molecule has 0 radical (unpaired) electrons. The van der Waals surface area contributed by atoms with Crippen LogP contribution in [0.4, 0.5) is 0 Å². The van der Waals surface area contributed by atoms with Gasteiger partial charge >= 0.3 is 0 Å². The van der Waals surface area contributed by atoms with Gasteiger partial charge in [0.15, 0.2) is 0 Å². The molecule has 1 aromatic heterocycles. The van der Waals surface area contributed by atoms with E-state index in [1.165, 1.54) is 17.8 Å². The average Bonchev–Trinajstić information content (AvgIpc) is 2.77. The van der Waals surface area contributed by atoms with Crippen molar-refractivity contribution in [3.05, 3.63) is 17.5 Å². The van der Waals surface area contributed by atoms with Gasteiger partial charge in [0.25, 0.3) is 0 Å². The largest absolute Gasteiger partial charge is 0.314 e. The van der Waals surface area contributed by atoms with Gasteiger partial charge < -0.3 is 5.32 Å². The number of hydrogen-bond donors (Lipinski definition) is 1. The van der Waals surface area contributed by atoms with Crippen LogP contribution in [-0.4, -0.2) is 22.4 Å². The van der Waals surface area contributed by atoms with Gasteiger partial charge in [0.2, 0.25) is 0 Å². The summed E-state index contributed by atoms with van der Waals surface area (Å²) in [5.74, 6) is 0.654. The van der Waals surface area contributed by atoms with Gasteiger partial charge in [-0.25, -0.2) is 0 Å². The lowest BCUT2D eigenvalue weighted by molar-refractivity contribution is 0.363. The zero-order valence-corrected chi connectivity index (χ0v) is 12.7. The lowest BCUT2D eigenvalue weighted by Gasteiger charge is -2.23. The molecular weight excluding hydrogens is 222 g/mol. The van der Waals surface area contributed by atoms with Crippen LogP contribution < -0.4 is 5.32 Å². The SMILES string of the molecule is CCNC(CC)C(C)Cc1cc(CC)nn1CC. The highest BCUT2D eigenvalue weighted by Gasteiger charge is 2.17. The molecule has 0 aromatic carbocycles. The Balaban J connectivity index is 2.73. The van der Waals surface area contributed by atoms with E-state index in [-0.39, 0.29) is 0 Å². The Kier molecular flexibility index (Phi) is 6.41. The first-order chi connectivity index (χ1) is 8.65. The first-order valence-corrected chi connectivity index (χ1v) is 7.45. The zero-order valence-electron chi connectivity index (χ0n) is 12.7. The summed E-state index contributed by atoms with van der Waals surface area (Å²) in [5, 5.41) is 8.21. The number of nitrogens with zero attached hydrogens (tertiary/aromatic N) is 2. The Morgan fingerprint density at radius 1 is 1.28 bits per heavy atom. The Bertz CT molecular complexity index is 344. The Labute approximate surface area is 112 Å². The summed E-state index contributed by atoms with van der Waals surface area (Å²) in [6.45, 7) is 13.1. The van der Waals surface area contributed by atoms with Crippen molar-refractivity contribution in [3.8, 4) is 0 Å². The second-order valence-corrected chi connectivity index (χ2v) is 5.05. The standard InChI is InChI=1S/C15H29N3/c1-6-13-11-14(18(9-4)17-13)10-12(5)15(7-2)16-8-3/h11-12,15-16H,6-10H2,1-5H3. The van der Waals surface area contributed by atoms with Crippen LogP contribution in [0.1, 0.15) is 52.4 Å². The Morgan fingerprint density at radius 3 is 2.50 bits per heavy atom. The van der Waals surface area contributed by atoms with Crippen LogP contribution in [0.25, 0.3) is 0 Å². The van der Waals surface area contributed by atoms with Crippen LogP contribution in [0.15, 0.2) is 6.07 Å². The summed E-state index contributed by atoms with van der Waals surface area (Å²) in [6, 6.07) is 2.89. The Morgan fingerprint density at radius 2 is 2.00 bits per heavy atom. The molecule has 0 bridgehead atoms. The maximum Gasteiger partial charge on any atom is 0.0624 e. The lowest BCUT2D eigenvalue weighted by Crippen LogP contribution is -2.35. The molecule has 2 atom stereocenters. The summed E-state index contributed by atoms with van der Waals surface area (Å²) in [6.07, 6.45) is 3.33. The third kappa shape index (κ3) is 3.84. The molecule has 104 valence electrons. The molecule has 1 heterocycles. The number of hydrogen-bond acceptors (Lipinski definition) is 2. The minimum Gasteiger partial charge on any atom is -0.314 e. The first-order valence-electron chi connectivity index (χ1n) is 7.45. The summed E-state index contributed by atoms with van der Waals surface area (Å²) >= 11 is 0. The highest BCUT2D eigenvalue weighted by Crippen LogP contribution is 2.16. The van der Waals surface area contributed by atoms with Crippen LogP contribution in [0.3, 0.4) is 0 Å². The van der Waals surface area contributed by atoms with Gasteiger partial charge in [-0.2, -0.15) is 5.10 Å². The number of nitrogens with one attached hydrogen (secondary N) is 1. The fraction of sp³-hybridized carbons (Fsp3) is 0.800. The van der Waals surface area contributed by atoms with Crippen molar-refractivity contribution in [3.63, 3.8) is 0 Å². The highest BCUT2D eigenvalue weighted by atomic mass is 15.3. The molecule has 0 fully saturated rings. The number of aryl methyl sites for hydroxylation is 2. The topological polar surface area (TPSA) is 29.9 Å². The van der Waals surface area contributed by atoms with E-state index in [1.54, 1.807) is 0 Å². The molecule has 18 heavy (non-hydrogen) atoms. The predicted octanol–water partition coefficient (Wildman–Crippen LogP) is 3.03. The molecule has 0 amide bonds. The number of rotatable bonds is 8. The maximum atomic E-state index is 4.63. The fourth-order valence-corrected chi connectivity index (χ4v) is 2.61. The van der Waals surface area contributed by atoms with E-state index in [2.05, 4.69) is 55.8 Å². The van der Waals surface area contributed by atoms with Crippen molar-refractivity contribution in [2.75, 3.05) is 6.54 Å². The minimum atomic E-state index is 0.611. The van der Waals surface area contributed by atoms with Crippen molar-refractivity contribution >= 4 is 0 Å². The van der Waals surface area contributed by atoms with Crippen LogP contribution >= 0.6 is 0 Å². The second-order valence-electron chi connectivity index (χ2n) is 5.05. The minimum absolute atomic E-state index is 0.611. The van der Waals surface area contributed by atoms with Crippen molar-refractivity contribution in [2.45, 2.75) is 66.5 Å². The molecule has 0 aliphatic carbocycles. The number of aromatic nitrogens is 2. The Hall–Kier alpha value is -0.830. The third-order valence-electron chi connectivity index (χ3n) is 3.70. The maximum absolute atomic E-state index is 4.63. The molecular formula is C15H29N3. The molecule has 1 aromatic rings.